The Hall–Kier alpha value is -1.92. The van der Waals surface area contributed by atoms with Crippen molar-refractivity contribution in [2.24, 2.45) is 0 Å². The van der Waals surface area contributed by atoms with E-state index in [1.54, 1.807) is 11.8 Å². The van der Waals surface area contributed by atoms with Gasteiger partial charge in [-0.1, -0.05) is 24.3 Å². The molecule has 142 valence electrons. The SMILES string of the molecule is O=C(NC1CCCN(Cc2c(F)cccc2F)C1)C1Cc2ccccc2S1. The average Bonchev–Trinajstić information content (AvgIpc) is 3.10. The first kappa shape index (κ1) is 18.4. The summed E-state index contributed by atoms with van der Waals surface area (Å²) in [5, 5.41) is 3.06. The van der Waals surface area contributed by atoms with E-state index in [1.165, 1.54) is 28.7 Å². The first-order valence-electron chi connectivity index (χ1n) is 9.30. The van der Waals surface area contributed by atoms with Crippen molar-refractivity contribution in [3.63, 3.8) is 0 Å². The number of amides is 1. The number of piperidine rings is 1. The highest BCUT2D eigenvalue weighted by molar-refractivity contribution is 8.01. The Balaban J connectivity index is 1.34. The van der Waals surface area contributed by atoms with Crippen LogP contribution in [0.15, 0.2) is 47.4 Å². The van der Waals surface area contributed by atoms with Crippen LogP contribution in [0.5, 0.6) is 0 Å². The molecule has 2 aromatic rings. The molecule has 4 rings (SSSR count). The second-order valence-corrected chi connectivity index (χ2v) is 8.45. The number of hydrogen-bond acceptors (Lipinski definition) is 3. The minimum Gasteiger partial charge on any atom is -0.351 e. The van der Waals surface area contributed by atoms with Gasteiger partial charge < -0.3 is 5.32 Å². The number of likely N-dealkylation sites (tertiary alicyclic amines) is 1. The number of carbonyl (C=O) groups excluding carboxylic acids is 1. The number of nitrogens with zero attached hydrogens (tertiary/aromatic N) is 1. The highest BCUT2D eigenvalue weighted by atomic mass is 32.2. The van der Waals surface area contributed by atoms with Crippen LogP contribution in [0.1, 0.15) is 24.0 Å². The summed E-state index contributed by atoms with van der Waals surface area (Å²) < 4.78 is 27.8. The smallest absolute Gasteiger partial charge is 0.234 e. The number of nitrogens with one attached hydrogen (secondary N) is 1. The molecule has 0 saturated carbocycles. The number of halogens is 2. The summed E-state index contributed by atoms with van der Waals surface area (Å²) in [7, 11) is 0. The topological polar surface area (TPSA) is 32.3 Å². The van der Waals surface area contributed by atoms with Gasteiger partial charge >= 0.3 is 0 Å². The molecule has 0 radical (unpaired) electrons. The van der Waals surface area contributed by atoms with Crippen molar-refractivity contribution >= 4 is 17.7 Å². The van der Waals surface area contributed by atoms with Crippen LogP contribution in [0.4, 0.5) is 8.78 Å². The lowest BCUT2D eigenvalue weighted by Crippen LogP contribution is -2.49. The molecular weight excluding hydrogens is 366 g/mol. The summed E-state index contributed by atoms with van der Waals surface area (Å²) in [6.45, 7) is 1.63. The normalized spacial score (nSPS) is 22.4. The predicted molar refractivity (Wildman–Crippen MR) is 103 cm³/mol. The lowest BCUT2D eigenvalue weighted by Gasteiger charge is -2.33. The molecule has 0 bridgehead atoms. The molecule has 0 spiro atoms. The quantitative estimate of drug-likeness (QED) is 0.866. The molecule has 2 aliphatic heterocycles. The van der Waals surface area contributed by atoms with Crippen molar-refractivity contribution in [1.82, 2.24) is 10.2 Å². The number of hydrogen-bond donors (Lipinski definition) is 1. The molecule has 6 heteroatoms. The van der Waals surface area contributed by atoms with Gasteiger partial charge in [0, 0.05) is 29.6 Å². The Morgan fingerprint density at radius 3 is 2.70 bits per heavy atom. The van der Waals surface area contributed by atoms with Gasteiger partial charge in [-0.2, -0.15) is 0 Å². The second kappa shape index (κ2) is 7.98. The second-order valence-electron chi connectivity index (χ2n) is 7.20. The summed E-state index contributed by atoms with van der Waals surface area (Å²) in [4.78, 5) is 15.9. The predicted octanol–water partition coefficient (Wildman–Crippen LogP) is 3.76. The standard InChI is InChI=1S/C21H22F2N2OS/c22-17-7-3-8-18(23)16(17)13-25-10-4-6-15(12-25)24-21(26)20-11-14-5-1-2-9-19(14)27-20/h1-3,5,7-9,15,20H,4,6,10-13H2,(H,24,26). The average molecular weight is 388 g/mol. The third-order valence-corrected chi connectivity index (χ3v) is 6.55. The summed E-state index contributed by atoms with van der Waals surface area (Å²) in [5.74, 6) is -0.970. The van der Waals surface area contributed by atoms with Gasteiger partial charge in [0.25, 0.3) is 0 Å². The van der Waals surface area contributed by atoms with Crippen LogP contribution in [0, 0.1) is 11.6 Å². The Bertz CT molecular complexity index is 799. The van der Waals surface area contributed by atoms with Gasteiger partial charge in [0.1, 0.15) is 11.6 Å². The zero-order valence-corrected chi connectivity index (χ0v) is 15.8. The fourth-order valence-electron chi connectivity index (χ4n) is 3.85. The van der Waals surface area contributed by atoms with E-state index in [-0.39, 0.29) is 29.3 Å². The lowest BCUT2D eigenvalue weighted by atomic mass is 10.0. The molecule has 3 nitrogen and oxygen atoms in total. The number of fused-ring (bicyclic) bond motifs is 1. The van der Waals surface area contributed by atoms with E-state index in [1.807, 2.05) is 17.0 Å². The lowest BCUT2D eigenvalue weighted by molar-refractivity contribution is -0.121. The molecule has 2 unspecified atom stereocenters. The third-order valence-electron chi connectivity index (χ3n) is 5.23. The molecule has 2 heterocycles. The zero-order chi connectivity index (χ0) is 18.8. The van der Waals surface area contributed by atoms with Crippen molar-refractivity contribution in [2.75, 3.05) is 13.1 Å². The summed E-state index contributed by atoms with van der Waals surface area (Å²) >= 11 is 1.62. The van der Waals surface area contributed by atoms with Crippen LogP contribution in [0.2, 0.25) is 0 Å². The highest BCUT2D eigenvalue weighted by Gasteiger charge is 2.30. The van der Waals surface area contributed by atoms with Crippen molar-refractivity contribution < 1.29 is 13.6 Å². The van der Waals surface area contributed by atoms with Crippen molar-refractivity contribution in [1.29, 1.82) is 0 Å². The van der Waals surface area contributed by atoms with Crippen molar-refractivity contribution in [2.45, 2.75) is 42.0 Å². The maximum absolute atomic E-state index is 13.9. The van der Waals surface area contributed by atoms with E-state index in [0.29, 0.717) is 6.54 Å². The number of benzene rings is 2. The molecule has 1 saturated heterocycles. The molecule has 2 atom stereocenters. The van der Waals surface area contributed by atoms with E-state index >= 15 is 0 Å². The highest BCUT2D eigenvalue weighted by Crippen LogP contribution is 2.36. The number of carbonyl (C=O) groups is 1. The van der Waals surface area contributed by atoms with Gasteiger partial charge in [-0.3, -0.25) is 9.69 Å². The van der Waals surface area contributed by atoms with Gasteiger partial charge in [-0.05, 0) is 49.6 Å². The van der Waals surface area contributed by atoms with Crippen LogP contribution in [-0.2, 0) is 17.8 Å². The maximum Gasteiger partial charge on any atom is 0.234 e. The summed E-state index contributed by atoms with van der Waals surface area (Å²) in [6, 6.07) is 12.1. The minimum absolute atomic E-state index is 0.0189. The van der Waals surface area contributed by atoms with Gasteiger partial charge in [0.05, 0.1) is 5.25 Å². The molecule has 1 amide bonds. The van der Waals surface area contributed by atoms with Crippen molar-refractivity contribution in [3.05, 3.63) is 65.2 Å². The fourth-order valence-corrected chi connectivity index (χ4v) is 5.05. The fraction of sp³-hybridized carbons (Fsp3) is 0.381. The molecule has 2 aromatic carbocycles. The molecule has 0 aromatic heterocycles. The molecule has 0 aliphatic carbocycles. The summed E-state index contributed by atoms with van der Waals surface area (Å²) in [6.07, 6.45) is 2.55. The minimum atomic E-state index is -0.513. The Kier molecular flexibility index (Phi) is 5.45. The molecule has 1 fully saturated rings. The van der Waals surface area contributed by atoms with Crippen LogP contribution < -0.4 is 5.32 Å². The van der Waals surface area contributed by atoms with Gasteiger partial charge in [0.15, 0.2) is 0 Å². The number of thioether (sulfide) groups is 1. The largest absolute Gasteiger partial charge is 0.351 e. The van der Waals surface area contributed by atoms with E-state index in [0.717, 1.165) is 25.8 Å². The number of rotatable bonds is 4. The third kappa shape index (κ3) is 4.17. The molecule has 27 heavy (non-hydrogen) atoms. The Morgan fingerprint density at radius 1 is 1.15 bits per heavy atom. The van der Waals surface area contributed by atoms with Crippen LogP contribution in [-0.4, -0.2) is 35.2 Å². The van der Waals surface area contributed by atoms with E-state index in [9.17, 15) is 13.6 Å². The maximum atomic E-state index is 13.9. The van der Waals surface area contributed by atoms with Gasteiger partial charge in [-0.25, -0.2) is 8.78 Å². The van der Waals surface area contributed by atoms with Crippen LogP contribution in [0.3, 0.4) is 0 Å². The zero-order valence-electron chi connectivity index (χ0n) is 15.0. The molecule has 2 aliphatic rings. The van der Waals surface area contributed by atoms with E-state index < -0.39 is 11.6 Å². The van der Waals surface area contributed by atoms with E-state index in [2.05, 4.69) is 17.4 Å². The van der Waals surface area contributed by atoms with Gasteiger partial charge in [0.2, 0.25) is 5.91 Å². The molecular formula is C21H22F2N2OS. The van der Waals surface area contributed by atoms with Gasteiger partial charge in [-0.15, -0.1) is 11.8 Å². The van der Waals surface area contributed by atoms with Crippen LogP contribution >= 0.6 is 11.8 Å². The van der Waals surface area contributed by atoms with Crippen molar-refractivity contribution in [3.8, 4) is 0 Å². The first-order valence-corrected chi connectivity index (χ1v) is 10.2. The summed E-state index contributed by atoms with van der Waals surface area (Å²) in [5.41, 5.74) is 1.33. The van der Waals surface area contributed by atoms with E-state index in [4.69, 9.17) is 0 Å². The Morgan fingerprint density at radius 2 is 1.93 bits per heavy atom. The monoisotopic (exact) mass is 388 g/mol. The Labute approximate surface area is 162 Å². The molecule has 1 N–H and O–H groups in total. The first-order chi connectivity index (χ1) is 13.1. The van der Waals surface area contributed by atoms with Crippen LogP contribution in [0.25, 0.3) is 0 Å².